The molecule has 0 atom stereocenters. The van der Waals surface area contributed by atoms with Gasteiger partial charge in [-0.25, -0.2) is 4.39 Å². The fourth-order valence-electron chi connectivity index (χ4n) is 2.63. The summed E-state index contributed by atoms with van der Waals surface area (Å²) in [5.41, 5.74) is 4.17. The first kappa shape index (κ1) is 16.7. The Hall–Kier alpha value is -2.11. The molecular formula is C18H20ClFN4. The van der Waals surface area contributed by atoms with Crippen LogP contribution in [0, 0.1) is 5.82 Å². The smallest absolute Gasteiger partial charge is 0.159 e. The molecule has 1 saturated heterocycles. The molecule has 4 nitrogen and oxygen atoms in total. The van der Waals surface area contributed by atoms with E-state index in [-0.39, 0.29) is 5.82 Å². The van der Waals surface area contributed by atoms with E-state index in [0.717, 1.165) is 26.2 Å². The normalized spacial score (nSPS) is 16.3. The molecule has 126 valence electrons. The van der Waals surface area contributed by atoms with Crippen LogP contribution < -0.4 is 5.43 Å². The molecular weight excluding hydrogens is 327 g/mol. The lowest BCUT2D eigenvalue weighted by Crippen LogP contribution is -2.47. The van der Waals surface area contributed by atoms with E-state index in [9.17, 15) is 4.39 Å². The number of anilines is 1. The first-order valence-electron chi connectivity index (χ1n) is 7.92. The van der Waals surface area contributed by atoms with E-state index >= 15 is 0 Å². The zero-order valence-corrected chi connectivity index (χ0v) is 14.3. The van der Waals surface area contributed by atoms with Gasteiger partial charge in [0.2, 0.25) is 0 Å². The second-order valence-corrected chi connectivity index (χ2v) is 6.20. The van der Waals surface area contributed by atoms with Crippen LogP contribution in [0.5, 0.6) is 0 Å². The number of hydrogen-bond acceptors (Lipinski definition) is 3. The van der Waals surface area contributed by atoms with Crippen molar-refractivity contribution in [3.63, 3.8) is 0 Å². The van der Waals surface area contributed by atoms with Gasteiger partial charge in [-0.15, -0.1) is 0 Å². The third-order valence-corrected chi connectivity index (χ3v) is 4.40. The monoisotopic (exact) mass is 346 g/mol. The molecule has 3 rings (SSSR count). The molecule has 1 N–H and O–H groups in total. The summed E-state index contributed by atoms with van der Waals surface area (Å²) >= 11 is 6.16. The molecule has 6 heteroatoms. The fraction of sp³-hybridized carbons (Fsp3) is 0.278. The maximum absolute atomic E-state index is 14.3. The van der Waals surface area contributed by atoms with Crippen molar-refractivity contribution in [2.75, 3.05) is 38.7 Å². The molecule has 0 spiro atoms. The zero-order chi connectivity index (χ0) is 16.9. The number of halogens is 2. The highest BCUT2D eigenvalue weighted by molar-refractivity contribution is 6.33. The number of nitrogens with zero attached hydrogens (tertiary/aromatic N) is 3. The van der Waals surface area contributed by atoms with Crippen LogP contribution in [0.1, 0.15) is 5.56 Å². The Bertz CT molecular complexity index is 726. The van der Waals surface area contributed by atoms with Crippen molar-refractivity contribution in [2.45, 2.75) is 0 Å². The second kappa shape index (κ2) is 7.64. The van der Waals surface area contributed by atoms with Gasteiger partial charge >= 0.3 is 0 Å². The van der Waals surface area contributed by atoms with Gasteiger partial charge in [0, 0.05) is 26.2 Å². The van der Waals surface area contributed by atoms with Gasteiger partial charge in [-0.05, 0) is 31.3 Å². The van der Waals surface area contributed by atoms with Gasteiger partial charge in [-0.2, -0.15) is 5.10 Å². The molecule has 0 saturated carbocycles. The Morgan fingerprint density at radius 3 is 2.42 bits per heavy atom. The van der Waals surface area contributed by atoms with E-state index in [1.807, 2.05) is 24.3 Å². The first-order valence-corrected chi connectivity index (χ1v) is 8.29. The molecule has 0 aromatic heterocycles. The summed E-state index contributed by atoms with van der Waals surface area (Å²) in [6, 6.07) is 14.1. The summed E-state index contributed by atoms with van der Waals surface area (Å²) < 4.78 is 14.3. The van der Waals surface area contributed by atoms with Crippen LogP contribution in [0.4, 0.5) is 10.1 Å². The average molecular weight is 347 g/mol. The molecule has 0 unspecified atom stereocenters. The highest BCUT2D eigenvalue weighted by atomic mass is 35.5. The SMILES string of the molecule is CN1CCN(/C(=N/Nc2ccccc2Cl)c2ccccc2F)CC1. The summed E-state index contributed by atoms with van der Waals surface area (Å²) in [4.78, 5) is 4.35. The molecule has 1 heterocycles. The molecule has 1 aliphatic heterocycles. The number of piperazine rings is 1. The Kier molecular flexibility index (Phi) is 5.33. The Labute approximate surface area is 146 Å². The minimum absolute atomic E-state index is 0.281. The fourth-order valence-corrected chi connectivity index (χ4v) is 2.81. The van der Waals surface area contributed by atoms with Gasteiger partial charge in [0.25, 0.3) is 0 Å². The van der Waals surface area contributed by atoms with Crippen LogP contribution in [0.25, 0.3) is 0 Å². The summed E-state index contributed by atoms with van der Waals surface area (Å²) in [7, 11) is 2.08. The topological polar surface area (TPSA) is 30.9 Å². The lowest BCUT2D eigenvalue weighted by Gasteiger charge is -2.34. The standard InChI is InChI=1S/C18H20ClFN4/c1-23-10-12-24(13-11-23)18(14-6-2-4-8-16(14)20)22-21-17-9-5-3-7-15(17)19/h2-9,21H,10-13H2,1H3/b22-18+. The molecule has 2 aromatic rings. The lowest BCUT2D eigenvalue weighted by atomic mass is 10.1. The van der Waals surface area contributed by atoms with E-state index in [1.165, 1.54) is 6.07 Å². The average Bonchev–Trinajstić information content (AvgIpc) is 2.59. The van der Waals surface area contributed by atoms with Crippen molar-refractivity contribution in [3.8, 4) is 0 Å². The maximum Gasteiger partial charge on any atom is 0.159 e. The molecule has 0 amide bonds. The predicted molar refractivity (Wildman–Crippen MR) is 97.1 cm³/mol. The quantitative estimate of drug-likeness (QED) is 0.524. The van der Waals surface area contributed by atoms with Crippen molar-refractivity contribution in [1.82, 2.24) is 9.80 Å². The first-order chi connectivity index (χ1) is 11.6. The Balaban J connectivity index is 1.91. The van der Waals surface area contributed by atoms with Crippen molar-refractivity contribution < 1.29 is 4.39 Å². The minimum atomic E-state index is -0.281. The molecule has 0 bridgehead atoms. The van der Waals surface area contributed by atoms with Crippen molar-refractivity contribution in [1.29, 1.82) is 0 Å². The zero-order valence-electron chi connectivity index (χ0n) is 13.5. The van der Waals surface area contributed by atoms with E-state index in [0.29, 0.717) is 22.1 Å². The van der Waals surface area contributed by atoms with Gasteiger partial charge in [0.15, 0.2) is 5.84 Å². The van der Waals surface area contributed by atoms with Gasteiger partial charge in [0.1, 0.15) is 5.82 Å². The number of para-hydroxylation sites is 1. The molecule has 0 radical (unpaired) electrons. The van der Waals surface area contributed by atoms with Gasteiger partial charge < -0.3 is 9.80 Å². The Morgan fingerprint density at radius 2 is 1.71 bits per heavy atom. The number of benzene rings is 2. The van der Waals surface area contributed by atoms with Gasteiger partial charge in [-0.3, -0.25) is 5.43 Å². The minimum Gasteiger partial charge on any atom is -0.352 e. The number of hydrogen-bond donors (Lipinski definition) is 1. The second-order valence-electron chi connectivity index (χ2n) is 5.80. The van der Waals surface area contributed by atoms with Crippen molar-refractivity contribution in [2.24, 2.45) is 5.10 Å². The summed E-state index contributed by atoms with van der Waals surface area (Å²) in [6.45, 7) is 3.43. The van der Waals surface area contributed by atoms with E-state index in [2.05, 4.69) is 27.4 Å². The van der Waals surface area contributed by atoms with E-state index < -0.39 is 0 Å². The van der Waals surface area contributed by atoms with Crippen LogP contribution in [-0.4, -0.2) is 48.9 Å². The molecule has 0 aliphatic carbocycles. The van der Waals surface area contributed by atoms with Crippen LogP contribution in [0.3, 0.4) is 0 Å². The van der Waals surface area contributed by atoms with Crippen molar-refractivity contribution in [3.05, 3.63) is 64.9 Å². The summed E-state index contributed by atoms with van der Waals surface area (Å²) in [5.74, 6) is 0.317. The van der Waals surface area contributed by atoms with E-state index in [4.69, 9.17) is 11.6 Å². The van der Waals surface area contributed by atoms with Crippen molar-refractivity contribution >= 4 is 23.1 Å². The number of amidine groups is 1. The summed E-state index contributed by atoms with van der Waals surface area (Å²) in [5, 5.41) is 5.06. The Morgan fingerprint density at radius 1 is 1.04 bits per heavy atom. The molecule has 2 aromatic carbocycles. The predicted octanol–water partition coefficient (Wildman–Crippen LogP) is 3.50. The van der Waals surface area contributed by atoms with Crippen LogP contribution in [-0.2, 0) is 0 Å². The number of hydrazone groups is 1. The van der Waals surface area contributed by atoms with Gasteiger partial charge in [0.05, 0.1) is 16.3 Å². The third-order valence-electron chi connectivity index (χ3n) is 4.07. The van der Waals surface area contributed by atoms with E-state index in [1.54, 1.807) is 18.2 Å². The largest absolute Gasteiger partial charge is 0.352 e. The summed E-state index contributed by atoms with van der Waals surface area (Å²) in [6.07, 6.45) is 0. The highest BCUT2D eigenvalue weighted by Gasteiger charge is 2.21. The number of rotatable bonds is 3. The maximum atomic E-state index is 14.3. The highest BCUT2D eigenvalue weighted by Crippen LogP contribution is 2.21. The van der Waals surface area contributed by atoms with Crippen LogP contribution in [0.2, 0.25) is 5.02 Å². The molecule has 1 aliphatic rings. The van der Waals surface area contributed by atoms with Crippen LogP contribution >= 0.6 is 11.6 Å². The number of nitrogens with one attached hydrogen (secondary N) is 1. The van der Waals surface area contributed by atoms with Crippen LogP contribution in [0.15, 0.2) is 53.6 Å². The van der Waals surface area contributed by atoms with Gasteiger partial charge in [-0.1, -0.05) is 35.9 Å². The molecule has 24 heavy (non-hydrogen) atoms. The third kappa shape index (κ3) is 3.86. The number of likely N-dealkylation sites (N-methyl/N-ethyl adjacent to an activating group) is 1. The lowest BCUT2D eigenvalue weighted by molar-refractivity contribution is 0.215. The molecule has 1 fully saturated rings.